The zero-order valence-electron chi connectivity index (χ0n) is 28.7. The van der Waals surface area contributed by atoms with Crippen LogP contribution in [0.4, 0.5) is 0 Å². The predicted molar refractivity (Wildman–Crippen MR) is 220 cm³/mol. The average molecular weight is 647 g/mol. The van der Waals surface area contributed by atoms with Gasteiger partial charge in [0.2, 0.25) is 0 Å². The largest absolute Gasteiger partial charge is 0.0616 e. The van der Waals surface area contributed by atoms with E-state index in [1.54, 1.807) is 0 Å². The summed E-state index contributed by atoms with van der Waals surface area (Å²) in [6, 6.07) is 63.6. The van der Waals surface area contributed by atoms with Crippen molar-refractivity contribution in [1.29, 1.82) is 0 Å². The Hall–Kier alpha value is -6.24. The number of fused-ring (bicyclic) bond motifs is 12. The molecule has 0 fully saturated rings. The Morgan fingerprint density at radius 3 is 1.35 bits per heavy atom. The SMILES string of the molecule is CC1(C)c2ccc(-c3c4ccccc4c(-c4cccc5ccccc45)c4ccccc34)cc2-c2cc3c4ccccc4c4ccccc4c3cc21. The normalized spacial score (nSPS) is 13.5. The van der Waals surface area contributed by atoms with Crippen molar-refractivity contribution in [3.8, 4) is 33.4 Å². The molecule has 51 heavy (non-hydrogen) atoms. The smallest absolute Gasteiger partial charge is 0.0159 e. The van der Waals surface area contributed by atoms with Crippen LogP contribution in [0.1, 0.15) is 25.0 Å². The van der Waals surface area contributed by atoms with Crippen LogP contribution in [0.5, 0.6) is 0 Å². The maximum Gasteiger partial charge on any atom is 0.0159 e. The first-order valence-corrected chi connectivity index (χ1v) is 18.0. The Kier molecular flexibility index (Phi) is 5.82. The van der Waals surface area contributed by atoms with Gasteiger partial charge in [-0.2, -0.15) is 0 Å². The van der Waals surface area contributed by atoms with E-state index in [1.807, 2.05) is 0 Å². The van der Waals surface area contributed by atoms with Gasteiger partial charge in [0.05, 0.1) is 0 Å². The zero-order chi connectivity index (χ0) is 33.8. The molecule has 0 atom stereocenters. The number of hydrogen-bond acceptors (Lipinski definition) is 0. The number of benzene rings is 10. The fraction of sp³-hybridized carbons (Fsp3) is 0.0588. The molecule has 0 radical (unpaired) electrons. The van der Waals surface area contributed by atoms with Crippen LogP contribution >= 0.6 is 0 Å². The minimum absolute atomic E-state index is 0.119. The van der Waals surface area contributed by atoms with Gasteiger partial charge in [0.1, 0.15) is 0 Å². The summed E-state index contributed by atoms with van der Waals surface area (Å²) in [7, 11) is 0. The van der Waals surface area contributed by atoms with Gasteiger partial charge in [-0.15, -0.1) is 0 Å². The lowest BCUT2D eigenvalue weighted by Gasteiger charge is -2.23. The lowest BCUT2D eigenvalue weighted by Crippen LogP contribution is -2.14. The fourth-order valence-electron chi connectivity index (χ4n) is 9.48. The van der Waals surface area contributed by atoms with Crippen molar-refractivity contribution in [2.75, 3.05) is 0 Å². The molecule has 0 N–H and O–H groups in total. The molecular formula is C51H34. The summed E-state index contributed by atoms with van der Waals surface area (Å²) in [5, 5.41) is 15.6. The van der Waals surface area contributed by atoms with Gasteiger partial charge in [-0.3, -0.25) is 0 Å². The van der Waals surface area contributed by atoms with Gasteiger partial charge in [0, 0.05) is 5.41 Å². The summed E-state index contributed by atoms with van der Waals surface area (Å²) >= 11 is 0. The molecule has 0 heterocycles. The van der Waals surface area contributed by atoms with Crippen molar-refractivity contribution >= 4 is 64.6 Å². The predicted octanol–water partition coefficient (Wildman–Crippen LogP) is 14.2. The second kappa shape index (κ2) is 10.4. The molecule has 0 heteroatoms. The highest BCUT2D eigenvalue weighted by Crippen LogP contribution is 2.53. The Bertz CT molecular complexity index is 3040. The van der Waals surface area contributed by atoms with Crippen LogP contribution in [0.3, 0.4) is 0 Å². The second-order valence-corrected chi connectivity index (χ2v) is 14.8. The van der Waals surface area contributed by atoms with Crippen molar-refractivity contribution in [1.82, 2.24) is 0 Å². The molecule has 0 aliphatic heterocycles. The van der Waals surface area contributed by atoms with E-state index in [0.29, 0.717) is 0 Å². The monoisotopic (exact) mass is 646 g/mol. The molecule has 1 aliphatic rings. The van der Waals surface area contributed by atoms with Crippen molar-refractivity contribution in [3.63, 3.8) is 0 Å². The van der Waals surface area contributed by atoms with Crippen LogP contribution in [0.25, 0.3) is 98.0 Å². The summed E-state index contributed by atoms with van der Waals surface area (Å²) in [5.41, 5.74) is 10.5. The Balaban J connectivity index is 1.21. The summed E-state index contributed by atoms with van der Waals surface area (Å²) in [5.74, 6) is 0. The standard InChI is InChI=1S/C51H34/c1-51(2)47-27-26-32(28-45(47)46-29-43-36-19-7-5-17-34(36)35-18-6-8-20-37(35)44(43)30-48(46)51)49-39-21-9-11-23-41(39)50(42-24-12-10-22-40(42)49)38-25-13-15-31-14-3-4-16-33(31)38/h3-30H,1-2H3. The van der Waals surface area contributed by atoms with Crippen LogP contribution in [0, 0.1) is 0 Å². The van der Waals surface area contributed by atoms with E-state index in [9.17, 15) is 0 Å². The van der Waals surface area contributed by atoms with Gasteiger partial charge >= 0.3 is 0 Å². The molecule has 0 amide bonds. The third-order valence-electron chi connectivity index (χ3n) is 11.8. The Morgan fingerprint density at radius 1 is 0.294 bits per heavy atom. The van der Waals surface area contributed by atoms with Gasteiger partial charge in [-0.1, -0.05) is 166 Å². The van der Waals surface area contributed by atoms with Crippen LogP contribution < -0.4 is 0 Å². The van der Waals surface area contributed by atoms with Crippen molar-refractivity contribution < 1.29 is 0 Å². The minimum atomic E-state index is -0.119. The summed E-state index contributed by atoms with van der Waals surface area (Å²) in [4.78, 5) is 0. The second-order valence-electron chi connectivity index (χ2n) is 14.8. The maximum absolute atomic E-state index is 2.50. The van der Waals surface area contributed by atoms with Crippen molar-refractivity contribution in [2.24, 2.45) is 0 Å². The van der Waals surface area contributed by atoms with E-state index in [1.165, 1.54) is 109 Å². The molecule has 10 aromatic carbocycles. The fourth-order valence-corrected chi connectivity index (χ4v) is 9.48. The highest BCUT2D eigenvalue weighted by Gasteiger charge is 2.36. The molecule has 238 valence electrons. The Labute approximate surface area is 297 Å². The minimum Gasteiger partial charge on any atom is -0.0616 e. The summed E-state index contributed by atoms with van der Waals surface area (Å²) in [6.45, 7) is 4.80. The highest BCUT2D eigenvalue weighted by atomic mass is 14.4. The van der Waals surface area contributed by atoms with Gasteiger partial charge < -0.3 is 0 Å². The first-order chi connectivity index (χ1) is 25.1. The lowest BCUT2D eigenvalue weighted by molar-refractivity contribution is 0.661. The number of rotatable bonds is 2. The quantitative estimate of drug-likeness (QED) is 0.129. The number of hydrogen-bond donors (Lipinski definition) is 0. The topological polar surface area (TPSA) is 0 Å². The van der Waals surface area contributed by atoms with E-state index in [2.05, 4.69) is 184 Å². The maximum atomic E-state index is 2.50. The van der Waals surface area contributed by atoms with Gasteiger partial charge in [-0.25, -0.2) is 0 Å². The molecule has 0 saturated carbocycles. The van der Waals surface area contributed by atoms with E-state index in [0.717, 1.165) is 0 Å². The van der Waals surface area contributed by atoms with E-state index < -0.39 is 0 Å². The third-order valence-corrected chi connectivity index (χ3v) is 11.8. The lowest BCUT2D eigenvalue weighted by atomic mass is 9.80. The third kappa shape index (κ3) is 3.91. The Morgan fingerprint density at radius 2 is 0.745 bits per heavy atom. The molecule has 0 spiro atoms. The molecule has 0 aromatic heterocycles. The van der Waals surface area contributed by atoms with Gasteiger partial charge in [0.25, 0.3) is 0 Å². The first-order valence-electron chi connectivity index (χ1n) is 18.0. The molecule has 11 rings (SSSR count). The first kappa shape index (κ1) is 28.6. The summed E-state index contributed by atoms with van der Waals surface area (Å²) < 4.78 is 0. The molecule has 10 aromatic rings. The van der Waals surface area contributed by atoms with Crippen LogP contribution in [0.2, 0.25) is 0 Å². The van der Waals surface area contributed by atoms with Crippen LogP contribution in [0.15, 0.2) is 170 Å². The average Bonchev–Trinajstić information content (AvgIpc) is 3.40. The molecule has 0 unspecified atom stereocenters. The van der Waals surface area contributed by atoms with E-state index in [-0.39, 0.29) is 5.41 Å². The van der Waals surface area contributed by atoms with E-state index in [4.69, 9.17) is 0 Å². The highest BCUT2D eigenvalue weighted by molar-refractivity contribution is 6.27. The van der Waals surface area contributed by atoms with Crippen molar-refractivity contribution in [2.45, 2.75) is 19.3 Å². The van der Waals surface area contributed by atoms with Crippen LogP contribution in [-0.4, -0.2) is 0 Å². The molecule has 0 nitrogen and oxygen atoms in total. The zero-order valence-corrected chi connectivity index (χ0v) is 28.7. The van der Waals surface area contributed by atoms with Crippen molar-refractivity contribution in [3.05, 3.63) is 181 Å². The summed E-state index contributed by atoms with van der Waals surface area (Å²) in [6.07, 6.45) is 0. The molecule has 0 bridgehead atoms. The van der Waals surface area contributed by atoms with E-state index >= 15 is 0 Å². The van der Waals surface area contributed by atoms with Gasteiger partial charge in [-0.05, 0) is 127 Å². The molecule has 1 aliphatic carbocycles. The molecule has 0 saturated heterocycles. The molecular weight excluding hydrogens is 613 g/mol. The van der Waals surface area contributed by atoms with Gasteiger partial charge in [0.15, 0.2) is 0 Å². The van der Waals surface area contributed by atoms with Crippen LogP contribution in [-0.2, 0) is 5.41 Å².